The number of nitrogens with zero attached hydrogens (tertiary/aromatic N) is 1. The standard InChI is InChI=1S/C25H29GeNS/c1-16-19-12-13-27-22(23(19)28-24(16)26(5,6)7)18-14-17-10-8-9-11-20(17)21(15-18)25(2,3)4/h8-15H,1-7H3. The van der Waals surface area contributed by atoms with Crippen molar-refractivity contribution in [1.82, 2.24) is 4.98 Å². The Morgan fingerprint density at radius 2 is 1.64 bits per heavy atom. The summed E-state index contributed by atoms with van der Waals surface area (Å²) in [6.45, 7) is 9.20. The van der Waals surface area contributed by atoms with E-state index < -0.39 is 13.3 Å². The van der Waals surface area contributed by atoms with Gasteiger partial charge in [0.1, 0.15) is 0 Å². The fourth-order valence-electron chi connectivity index (χ4n) is 4.14. The van der Waals surface area contributed by atoms with Crippen LogP contribution in [0.25, 0.3) is 32.1 Å². The van der Waals surface area contributed by atoms with Crippen LogP contribution in [0, 0.1) is 6.92 Å². The summed E-state index contributed by atoms with van der Waals surface area (Å²) in [5.41, 5.74) is 5.33. The summed E-state index contributed by atoms with van der Waals surface area (Å²) in [5.74, 6) is 7.45. The van der Waals surface area contributed by atoms with Crippen LogP contribution in [0.2, 0.25) is 17.3 Å². The fraction of sp³-hybridized carbons (Fsp3) is 0.320. The quantitative estimate of drug-likeness (QED) is 0.294. The maximum atomic E-state index is 4.87. The summed E-state index contributed by atoms with van der Waals surface area (Å²) in [7, 11) is 0. The molecule has 0 fully saturated rings. The molecule has 2 aromatic heterocycles. The molecule has 0 spiro atoms. The fourth-order valence-corrected chi connectivity index (χ4v) is 10.7. The molecule has 2 heterocycles. The number of thiophene rings is 1. The normalized spacial score (nSPS) is 12.8. The monoisotopic (exact) mass is 449 g/mol. The first-order valence-electron chi connectivity index (χ1n) is 9.99. The zero-order valence-corrected chi connectivity index (χ0v) is 20.9. The van der Waals surface area contributed by atoms with E-state index in [1.165, 1.54) is 37.5 Å². The summed E-state index contributed by atoms with van der Waals surface area (Å²) in [4.78, 5) is 4.87. The molecule has 0 unspecified atom stereocenters. The van der Waals surface area contributed by atoms with Crippen LogP contribution in [0.4, 0.5) is 0 Å². The second-order valence-electron chi connectivity index (χ2n) is 9.84. The van der Waals surface area contributed by atoms with E-state index in [1.807, 2.05) is 17.5 Å². The Labute approximate surface area is 175 Å². The Bertz CT molecular complexity index is 1190. The van der Waals surface area contributed by atoms with E-state index in [4.69, 9.17) is 4.98 Å². The van der Waals surface area contributed by atoms with Gasteiger partial charge in [0, 0.05) is 0 Å². The number of fused-ring (bicyclic) bond motifs is 2. The van der Waals surface area contributed by atoms with Crippen LogP contribution in [0.5, 0.6) is 0 Å². The van der Waals surface area contributed by atoms with Crippen LogP contribution < -0.4 is 3.71 Å². The van der Waals surface area contributed by atoms with Gasteiger partial charge in [0.15, 0.2) is 0 Å². The topological polar surface area (TPSA) is 12.9 Å². The molecular weight excluding hydrogens is 419 g/mol. The number of hydrogen-bond donors (Lipinski definition) is 0. The molecule has 4 aromatic rings. The third-order valence-electron chi connectivity index (χ3n) is 5.48. The maximum absolute atomic E-state index is 4.87. The number of benzene rings is 2. The number of pyridine rings is 1. The van der Waals surface area contributed by atoms with Crippen molar-refractivity contribution >= 4 is 49.2 Å². The average Bonchev–Trinajstić information content (AvgIpc) is 2.97. The number of aryl methyl sites for hydroxylation is 1. The third-order valence-corrected chi connectivity index (χ3v) is 14.1. The van der Waals surface area contributed by atoms with Crippen molar-refractivity contribution in [2.24, 2.45) is 0 Å². The van der Waals surface area contributed by atoms with Gasteiger partial charge in [0.25, 0.3) is 0 Å². The minimum atomic E-state index is -1.91. The Morgan fingerprint density at radius 3 is 2.32 bits per heavy atom. The van der Waals surface area contributed by atoms with Crippen molar-refractivity contribution in [3.05, 3.63) is 59.8 Å². The second kappa shape index (κ2) is 6.71. The van der Waals surface area contributed by atoms with Gasteiger partial charge in [-0.2, -0.15) is 0 Å². The van der Waals surface area contributed by atoms with Gasteiger partial charge in [-0.25, -0.2) is 0 Å². The molecule has 0 saturated heterocycles. The number of hydrogen-bond acceptors (Lipinski definition) is 2. The van der Waals surface area contributed by atoms with Gasteiger partial charge in [-0.05, 0) is 0 Å². The second-order valence-corrected chi connectivity index (χ2v) is 22.1. The molecule has 1 nitrogen and oxygen atoms in total. The molecule has 0 amide bonds. The predicted molar refractivity (Wildman–Crippen MR) is 129 cm³/mol. The van der Waals surface area contributed by atoms with Crippen LogP contribution >= 0.6 is 11.3 Å². The summed E-state index contributed by atoms with van der Waals surface area (Å²) in [5, 5.41) is 4.03. The average molecular weight is 448 g/mol. The molecule has 3 heteroatoms. The first kappa shape index (κ1) is 19.7. The van der Waals surface area contributed by atoms with Gasteiger partial charge in [-0.15, -0.1) is 0 Å². The molecule has 4 rings (SSSR count). The van der Waals surface area contributed by atoms with Gasteiger partial charge in [-0.1, -0.05) is 0 Å². The van der Waals surface area contributed by atoms with E-state index in [9.17, 15) is 0 Å². The molecule has 0 aliphatic rings. The Morgan fingerprint density at radius 1 is 0.929 bits per heavy atom. The molecule has 0 aliphatic heterocycles. The molecule has 0 atom stereocenters. The zero-order valence-electron chi connectivity index (χ0n) is 18.0. The van der Waals surface area contributed by atoms with E-state index >= 15 is 0 Å². The Hall–Kier alpha value is -1.65. The molecule has 0 radical (unpaired) electrons. The Balaban J connectivity index is 2.05. The zero-order chi connectivity index (χ0) is 20.3. The molecule has 144 valence electrons. The molecule has 0 saturated carbocycles. The number of aromatic nitrogens is 1. The molecule has 0 bridgehead atoms. The van der Waals surface area contributed by atoms with Gasteiger partial charge in [0.05, 0.1) is 0 Å². The third kappa shape index (κ3) is 3.31. The molecule has 0 N–H and O–H groups in total. The van der Waals surface area contributed by atoms with E-state index in [2.05, 4.69) is 87.4 Å². The van der Waals surface area contributed by atoms with E-state index in [1.54, 1.807) is 3.71 Å². The summed E-state index contributed by atoms with van der Waals surface area (Å²) in [6, 6.07) is 15.6. The van der Waals surface area contributed by atoms with Gasteiger partial charge in [-0.3, -0.25) is 0 Å². The van der Waals surface area contributed by atoms with Crippen LogP contribution in [0.3, 0.4) is 0 Å². The van der Waals surface area contributed by atoms with Crippen molar-refractivity contribution in [1.29, 1.82) is 0 Å². The van der Waals surface area contributed by atoms with Crippen molar-refractivity contribution in [2.45, 2.75) is 50.4 Å². The van der Waals surface area contributed by atoms with Gasteiger partial charge in [0.2, 0.25) is 0 Å². The summed E-state index contributed by atoms with van der Waals surface area (Å²) < 4.78 is 2.99. The van der Waals surface area contributed by atoms with E-state index in [0.717, 1.165) is 5.69 Å². The molecule has 0 aliphatic carbocycles. The summed E-state index contributed by atoms with van der Waals surface area (Å²) in [6.07, 6.45) is 1.99. The first-order valence-corrected chi connectivity index (χ1v) is 18.2. The molecule has 2 aromatic carbocycles. The van der Waals surface area contributed by atoms with Gasteiger partial charge >= 0.3 is 176 Å². The van der Waals surface area contributed by atoms with Gasteiger partial charge < -0.3 is 0 Å². The van der Waals surface area contributed by atoms with Crippen molar-refractivity contribution in [3.63, 3.8) is 0 Å². The van der Waals surface area contributed by atoms with Crippen LogP contribution in [0.1, 0.15) is 31.9 Å². The van der Waals surface area contributed by atoms with E-state index in [-0.39, 0.29) is 5.41 Å². The van der Waals surface area contributed by atoms with Crippen molar-refractivity contribution in [2.75, 3.05) is 0 Å². The summed E-state index contributed by atoms with van der Waals surface area (Å²) >= 11 is 0.0804. The van der Waals surface area contributed by atoms with Crippen molar-refractivity contribution < 1.29 is 0 Å². The SMILES string of the molecule is Cc1[c]([Ge]([CH3])([CH3])[CH3])sc2c(-c3cc(C(C)(C)C)c4ccccc4c3)nccc12. The first-order chi connectivity index (χ1) is 13.1. The molecular formula is C25H29GeNS. The molecule has 28 heavy (non-hydrogen) atoms. The van der Waals surface area contributed by atoms with Crippen LogP contribution in [-0.4, -0.2) is 18.3 Å². The number of rotatable bonds is 2. The predicted octanol–water partition coefficient (Wildman–Crippen LogP) is 7.27. The Kier molecular flexibility index (Phi) is 4.71. The van der Waals surface area contributed by atoms with Crippen LogP contribution in [-0.2, 0) is 5.41 Å². The van der Waals surface area contributed by atoms with Crippen LogP contribution in [0.15, 0.2) is 48.7 Å². The van der Waals surface area contributed by atoms with E-state index in [0.29, 0.717) is 0 Å². The minimum absolute atomic E-state index is 0.0841. The van der Waals surface area contributed by atoms with Crippen molar-refractivity contribution in [3.8, 4) is 11.3 Å².